The summed E-state index contributed by atoms with van der Waals surface area (Å²) in [7, 11) is 0. The summed E-state index contributed by atoms with van der Waals surface area (Å²) in [6.45, 7) is 1.43. The normalized spacial score (nSPS) is 55.5. The van der Waals surface area contributed by atoms with Gasteiger partial charge in [-0.05, 0) is 6.92 Å². The molecule has 0 aromatic rings. The molecule has 5 atom stereocenters. The Labute approximate surface area is 69.2 Å². The Balaban J connectivity index is 2.82. The lowest BCUT2D eigenvalue weighted by Crippen LogP contribution is -2.70. The Morgan fingerprint density at radius 3 is 2.25 bits per heavy atom. The standard InChI is InChI=1S/C6H13NO5/c1-2-3(8)6(7,11)4(9)5(10)12-2/h2-5,8-11H,7H2,1H3/t2-,3+,4+,5+,6+/m1/s1. The molecule has 72 valence electrons. The molecule has 0 bridgehead atoms. The molecule has 0 amide bonds. The lowest BCUT2D eigenvalue weighted by atomic mass is 9.94. The van der Waals surface area contributed by atoms with E-state index in [-0.39, 0.29) is 0 Å². The SMILES string of the molecule is C[C@H]1O[C@H](O)[C@H](O)[C@@](N)(O)[C@H]1O. The van der Waals surface area contributed by atoms with Gasteiger partial charge in [0.05, 0.1) is 6.10 Å². The minimum absolute atomic E-state index is 0.821. The van der Waals surface area contributed by atoms with Crippen LogP contribution in [0.15, 0.2) is 0 Å². The van der Waals surface area contributed by atoms with Crippen molar-refractivity contribution in [2.24, 2.45) is 5.73 Å². The number of rotatable bonds is 0. The molecule has 0 aliphatic carbocycles. The predicted molar refractivity (Wildman–Crippen MR) is 37.7 cm³/mol. The van der Waals surface area contributed by atoms with Crippen LogP contribution in [-0.2, 0) is 4.74 Å². The number of hydrogen-bond acceptors (Lipinski definition) is 6. The van der Waals surface area contributed by atoms with Crippen molar-refractivity contribution in [1.82, 2.24) is 0 Å². The van der Waals surface area contributed by atoms with Crippen molar-refractivity contribution in [3.05, 3.63) is 0 Å². The van der Waals surface area contributed by atoms with Gasteiger partial charge in [-0.25, -0.2) is 0 Å². The zero-order chi connectivity index (χ0) is 9.52. The highest BCUT2D eigenvalue weighted by Gasteiger charge is 2.50. The molecule has 0 aromatic carbocycles. The third-order valence-electron chi connectivity index (χ3n) is 2.02. The fourth-order valence-electron chi connectivity index (χ4n) is 1.15. The molecule has 0 radical (unpaired) electrons. The summed E-state index contributed by atoms with van der Waals surface area (Å²) in [4.78, 5) is 0. The van der Waals surface area contributed by atoms with Crippen molar-refractivity contribution >= 4 is 0 Å². The minimum atomic E-state index is -2.23. The average Bonchev–Trinajstić information content (AvgIpc) is 1.99. The van der Waals surface area contributed by atoms with Crippen LogP contribution in [0.4, 0.5) is 0 Å². The van der Waals surface area contributed by atoms with Crippen molar-refractivity contribution < 1.29 is 25.2 Å². The van der Waals surface area contributed by atoms with Crippen molar-refractivity contribution in [1.29, 1.82) is 0 Å². The second-order valence-electron chi connectivity index (χ2n) is 3.01. The van der Waals surface area contributed by atoms with E-state index in [0.29, 0.717) is 0 Å². The Hall–Kier alpha value is -0.240. The first-order chi connectivity index (χ1) is 5.37. The highest BCUT2D eigenvalue weighted by Crippen LogP contribution is 2.24. The second kappa shape index (κ2) is 2.91. The van der Waals surface area contributed by atoms with Crippen molar-refractivity contribution in [3.8, 4) is 0 Å². The van der Waals surface area contributed by atoms with Gasteiger partial charge in [-0.3, -0.25) is 5.73 Å². The molecule has 1 heterocycles. The Kier molecular flexibility index (Phi) is 2.39. The first-order valence-corrected chi connectivity index (χ1v) is 3.58. The molecular formula is C6H13NO5. The van der Waals surface area contributed by atoms with Gasteiger partial charge >= 0.3 is 0 Å². The number of aliphatic hydroxyl groups is 4. The second-order valence-corrected chi connectivity index (χ2v) is 3.01. The summed E-state index contributed by atoms with van der Waals surface area (Å²) in [6, 6.07) is 0. The zero-order valence-electron chi connectivity index (χ0n) is 6.58. The molecule has 0 spiro atoms. The van der Waals surface area contributed by atoms with E-state index >= 15 is 0 Å². The van der Waals surface area contributed by atoms with Crippen LogP contribution in [0.3, 0.4) is 0 Å². The van der Waals surface area contributed by atoms with E-state index in [0.717, 1.165) is 0 Å². The van der Waals surface area contributed by atoms with Gasteiger partial charge in [0.25, 0.3) is 0 Å². The molecule has 1 aliphatic rings. The van der Waals surface area contributed by atoms with E-state index in [2.05, 4.69) is 4.74 Å². The molecular weight excluding hydrogens is 166 g/mol. The predicted octanol–water partition coefficient (Wildman–Crippen LogP) is -2.91. The van der Waals surface area contributed by atoms with Gasteiger partial charge in [-0.2, -0.15) is 0 Å². The van der Waals surface area contributed by atoms with Crippen LogP contribution in [0.5, 0.6) is 0 Å². The quantitative estimate of drug-likeness (QED) is 0.255. The molecule has 1 aliphatic heterocycles. The van der Waals surface area contributed by atoms with Gasteiger partial charge in [-0.15, -0.1) is 0 Å². The summed E-state index contributed by atoms with van der Waals surface area (Å²) < 4.78 is 4.66. The number of nitrogens with two attached hydrogens (primary N) is 1. The monoisotopic (exact) mass is 179 g/mol. The van der Waals surface area contributed by atoms with Crippen LogP contribution < -0.4 is 5.73 Å². The molecule has 6 nitrogen and oxygen atoms in total. The van der Waals surface area contributed by atoms with E-state index in [4.69, 9.17) is 15.9 Å². The summed E-state index contributed by atoms with van der Waals surface area (Å²) in [5, 5.41) is 36.6. The molecule has 1 fully saturated rings. The van der Waals surface area contributed by atoms with Gasteiger partial charge in [0.2, 0.25) is 0 Å². The Morgan fingerprint density at radius 1 is 1.25 bits per heavy atom. The average molecular weight is 179 g/mol. The van der Waals surface area contributed by atoms with Crippen LogP contribution in [0.25, 0.3) is 0 Å². The summed E-state index contributed by atoms with van der Waals surface area (Å²) >= 11 is 0. The van der Waals surface area contributed by atoms with Crippen LogP contribution >= 0.6 is 0 Å². The van der Waals surface area contributed by atoms with E-state index in [1.807, 2.05) is 0 Å². The van der Waals surface area contributed by atoms with E-state index in [1.54, 1.807) is 0 Å². The lowest BCUT2D eigenvalue weighted by molar-refractivity contribution is -0.312. The third-order valence-corrected chi connectivity index (χ3v) is 2.02. The van der Waals surface area contributed by atoms with E-state index in [9.17, 15) is 10.2 Å². The molecule has 1 saturated heterocycles. The largest absolute Gasteiger partial charge is 0.386 e. The highest BCUT2D eigenvalue weighted by molar-refractivity contribution is 4.96. The van der Waals surface area contributed by atoms with Gasteiger partial charge in [-0.1, -0.05) is 0 Å². The van der Waals surface area contributed by atoms with Crippen LogP contribution in [0, 0.1) is 0 Å². The smallest absolute Gasteiger partial charge is 0.185 e. The first-order valence-electron chi connectivity index (χ1n) is 3.58. The molecule has 0 aromatic heterocycles. The maximum absolute atomic E-state index is 9.29. The van der Waals surface area contributed by atoms with Gasteiger partial charge in [0, 0.05) is 0 Å². The summed E-state index contributed by atoms with van der Waals surface area (Å²) in [5.41, 5.74) is 2.94. The Bertz CT molecular complexity index is 157. The minimum Gasteiger partial charge on any atom is -0.386 e. The summed E-state index contributed by atoms with van der Waals surface area (Å²) in [5.74, 6) is 0. The van der Waals surface area contributed by atoms with Crippen molar-refractivity contribution in [2.75, 3.05) is 0 Å². The van der Waals surface area contributed by atoms with Gasteiger partial charge < -0.3 is 25.2 Å². The molecule has 0 saturated carbocycles. The fourth-order valence-corrected chi connectivity index (χ4v) is 1.15. The number of hydrogen-bond donors (Lipinski definition) is 5. The summed E-state index contributed by atoms with van der Waals surface area (Å²) in [6.07, 6.45) is -5.52. The van der Waals surface area contributed by atoms with Crippen molar-refractivity contribution in [2.45, 2.75) is 37.3 Å². The number of ether oxygens (including phenoxy) is 1. The van der Waals surface area contributed by atoms with E-state index in [1.165, 1.54) is 6.92 Å². The van der Waals surface area contributed by atoms with Crippen molar-refractivity contribution in [3.63, 3.8) is 0 Å². The Morgan fingerprint density at radius 2 is 1.75 bits per heavy atom. The molecule has 1 rings (SSSR count). The molecule has 0 unspecified atom stereocenters. The number of aliphatic hydroxyl groups excluding tert-OH is 3. The zero-order valence-corrected chi connectivity index (χ0v) is 6.58. The topological polar surface area (TPSA) is 116 Å². The maximum atomic E-state index is 9.29. The van der Waals surface area contributed by atoms with E-state index < -0.39 is 30.3 Å². The van der Waals surface area contributed by atoms with Gasteiger partial charge in [0.15, 0.2) is 12.0 Å². The molecule has 6 heteroatoms. The fraction of sp³-hybridized carbons (Fsp3) is 1.00. The third kappa shape index (κ3) is 1.33. The molecule has 6 N–H and O–H groups in total. The van der Waals surface area contributed by atoms with Crippen LogP contribution in [-0.4, -0.2) is 50.8 Å². The van der Waals surface area contributed by atoms with Crippen LogP contribution in [0.2, 0.25) is 0 Å². The maximum Gasteiger partial charge on any atom is 0.185 e. The van der Waals surface area contributed by atoms with Crippen LogP contribution in [0.1, 0.15) is 6.92 Å². The first kappa shape index (κ1) is 9.85. The highest BCUT2D eigenvalue weighted by atomic mass is 16.6. The van der Waals surface area contributed by atoms with Gasteiger partial charge in [0.1, 0.15) is 12.2 Å². The molecule has 12 heavy (non-hydrogen) atoms. The lowest BCUT2D eigenvalue weighted by Gasteiger charge is -2.43.